The summed E-state index contributed by atoms with van der Waals surface area (Å²) in [6.07, 6.45) is 5.68. The molecule has 7 rings (SSSR count). The fraction of sp³-hybridized carbons (Fsp3) is 0.394. The van der Waals surface area contributed by atoms with Crippen molar-refractivity contribution in [1.82, 2.24) is 14.8 Å². The van der Waals surface area contributed by atoms with Gasteiger partial charge in [0.2, 0.25) is 11.8 Å². The van der Waals surface area contributed by atoms with Crippen LogP contribution in [0.1, 0.15) is 54.9 Å². The second-order valence-electron chi connectivity index (χ2n) is 12.6. The van der Waals surface area contributed by atoms with E-state index in [4.69, 9.17) is 4.74 Å². The molecular weight excluding hydrogens is 554 g/mol. The number of hydrogen-bond acceptors (Lipinski definition) is 6. The number of amides is 2. The Labute approximate surface area is 248 Å². The van der Waals surface area contributed by atoms with Crippen molar-refractivity contribution in [2.24, 2.45) is 0 Å². The Morgan fingerprint density at radius 2 is 1.74 bits per heavy atom. The first-order chi connectivity index (χ1) is 20.5. The van der Waals surface area contributed by atoms with Gasteiger partial charge < -0.3 is 15.0 Å². The summed E-state index contributed by atoms with van der Waals surface area (Å²) in [6, 6.07) is 12.3. The number of pyridine rings is 1. The molecule has 4 aliphatic rings. The van der Waals surface area contributed by atoms with Crippen molar-refractivity contribution in [3.63, 3.8) is 0 Å². The number of halogens is 2. The van der Waals surface area contributed by atoms with Crippen LogP contribution in [-0.4, -0.2) is 58.2 Å². The van der Waals surface area contributed by atoms with Crippen LogP contribution in [0.25, 0.3) is 0 Å². The SMILES string of the molecule is CN1C[C@@](C)(c2cc(F)cc(F)c2)N(CC(=O)Oc2ccc3c(c2)C[C@@]2(C3)C(=O)Nc3ncccc32)C(=O)C12CCCC2. The van der Waals surface area contributed by atoms with Gasteiger partial charge in [-0.25, -0.2) is 18.6 Å². The van der Waals surface area contributed by atoms with Crippen LogP contribution in [0.15, 0.2) is 54.7 Å². The lowest BCUT2D eigenvalue weighted by molar-refractivity contribution is -0.168. The van der Waals surface area contributed by atoms with Crippen LogP contribution in [-0.2, 0) is 38.2 Å². The van der Waals surface area contributed by atoms with Gasteiger partial charge in [0.25, 0.3) is 0 Å². The summed E-state index contributed by atoms with van der Waals surface area (Å²) in [6.45, 7) is 1.65. The smallest absolute Gasteiger partial charge is 0.331 e. The minimum atomic E-state index is -1.18. The maximum Gasteiger partial charge on any atom is 0.331 e. The molecule has 2 fully saturated rings. The molecule has 0 unspecified atom stereocenters. The number of likely N-dealkylation sites (N-methyl/N-ethyl adjacent to an activating group) is 1. The van der Waals surface area contributed by atoms with Gasteiger partial charge >= 0.3 is 5.97 Å². The fourth-order valence-electron chi connectivity index (χ4n) is 7.85. The molecule has 0 radical (unpaired) electrons. The van der Waals surface area contributed by atoms with Crippen LogP contribution in [0, 0.1) is 11.6 Å². The minimum Gasteiger partial charge on any atom is -0.425 e. The Balaban J connectivity index is 1.16. The highest BCUT2D eigenvalue weighted by atomic mass is 19.1. The zero-order chi connectivity index (χ0) is 30.1. The molecule has 1 saturated heterocycles. The molecule has 2 aliphatic heterocycles. The van der Waals surface area contributed by atoms with Crippen LogP contribution in [0.4, 0.5) is 14.6 Å². The molecule has 3 heterocycles. The summed E-state index contributed by atoms with van der Waals surface area (Å²) in [5.74, 6) is -1.61. The number of hydrogen-bond donors (Lipinski definition) is 1. The highest BCUT2D eigenvalue weighted by Gasteiger charge is 2.57. The Kier molecular flexibility index (Phi) is 6.22. The second-order valence-corrected chi connectivity index (χ2v) is 12.6. The lowest BCUT2D eigenvalue weighted by Crippen LogP contribution is -2.71. The monoisotopic (exact) mass is 586 g/mol. The van der Waals surface area contributed by atoms with Gasteiger partial charge in [0.15, 0.2) is 0 Å². The Hall–Kier alpha value is -4.18. The molecule has 2 amide bonds. The Morgan fingerprint density at radius 3 is 2.49 bits per heavy atom. The van der Waals surface area contributed by atoms with Crippen LogP contribution >= 0.6 is 0 Å². The molecule has 1 aromatic heterocycles. The highest BCUT2D eigenvalue weighted by Crippen LogP contribution is 2.48. The van der Waals surface area contributed by atoms with E-state index in [2.05, 4.69) is 10.3 Å². The molecule has 2 aliphatic carbocycles. The minimum absolute atomic E-state index is 0.0987. The van der Waals surface area contributed by atoms with Crippen molar-refractivity contribution in [2.75, 3.05) is 25.5 Å². The summed E-state index contributed by atoms with van der Waals surface area (Å²) in [5.41, 5.74) is 0.334. The van der Waals surface area contributed by atoms with E-state index >= 15 is 0 Å². The number of ether oxygens (including phenoxy) is 1. The third-order valence-corrected chi connectivity index (χ3v) is 10.1. The average molecular weight is 587 g/mol. The number of anilines is 1. The molecule has 222 valence electrons. The Morgan fingerprint density at radius 1 is 1.02 bits per heavy atom. The first kappa shape index (κ1) is 27.6. The van der Waals surface area contributed by atoms with Gasteiger partial charge in [0.1, 0.15) is 35.3 Å². The van der Waals surface area contributed by atoms with Crippen LogP contribution in [0.3, 0.4) is 0 Å². The second kappa shape index (κ2) is 9.67. The number of nitrogens with one attached hydrogen (secondary N) is 1. The van der Waals surface area contributed by atoms with Gasteiger partial charge in [0.05, 0.1) is 11.0 Å². The molecule has 3 aromatic rings. The molecule has 1 saturated carbocycles. The van der Waals surface area contributed by atoms with E-state index in [-0.39, 0.29) is 23.9 Å². The first-order valence-corrected chi connectivity index (χ1v) is 14.6. The van der Waals surface area contributed by atoms with Crippen molar-refractivity contribution in [1.29, 1.82) is 0 Å². The quantitative estimate of drug-likeness (QED) is 0.363. The van der Waals surface area contributed by atoms with E-state index in [9.17, 15) is 23.2 Å². The van der Waals surface area contributed by atoms with Gasteiger partial charge in [0, 0.05) is 24.4 Å². The van der Waals surface area contributed by atoms with E-state index in [1.165, 1.54) is 17.0 Å². The number of nitrogens with zero attached hydrogens (tertiary/aromatic N) is 3. The predicted octanol–water partition coefficient (Wildman–Crippen LogP) is 4.26. The number of carbonyl (C=O) groups is 3. The van der Waals surface area contributed by atoms with Crippen LogP contribution < -0.4 is 10.1 Å². The predicted molar refractivity (Wildman–Crippen MR) is 153 cm³/mol. The summed E-state index contributed by atoms with van der Waals surface area (Å²) < 4.78 is 34.5. The maximum atomic E-state index is 14.4. The molecular formula is C33H32F2N4O4. The van der Waals surface area contributed by atoms with Gasteiger partial charge in [-0.05, 0) is 86.7 Å². The summed E-state index contributed by atoms with van der Waals surface area (Å²) in [7, 11) is 1.86. The van der Waals surface area contributed by atoms with Crippen molar-refractivity contribution in [2.45, 2.75) is 61.9 Å². The number of rotatable bonds is 4. The lowest BCUT2D eigenvalue weighted by Gasteiger charge is -2.55. The normalized spacial score (nSPS) is 25.7. The molecule has 43 heavy (non-hydrogen) atoms. The third kappa shape index (κ3) is 4.17. The van der Waals surface area contributed by atoms with Gasteiger partial charge in [-0.3, -0.25) is 14.5 Å². The maximum absolute atomic E-state index is 14.4. The zero-order valence-corrected chi connectivity index (χ0v) is 24.1. The lowest BCUT2D eigenvalue weighted by atomic mass is 9.79. The molecule has 2 atom stereocenters. The third-order valence-electron chi connectivity index (χ3n) is 10.1. The average Bonchev–Trinajstić information content (AvgIpc) is 3.67. The van der Waals surface area contributed by atoms with Crippen molar-refractivity contribution < 1.29 is 27.9 Å². The standard InChI is InChI=1S/C33H32F2N4O4/c1-31(22-13-23(34)15-24(35)14-22)19-38(2)33(9-3-4-10-33)30(42)39(31)18-27(40)43-25-8-7-20-16-32(17-21(20)12-25)26-6-5-11-36-28(26)37-29(32)41/h5-8,11-15H,3-4,9-10,16-19H2,1-2H3,(H,36,37,41)/t31-,32+/m0/s1. The van der Waals surface area contributed by atoms with Crippen LogP contribution in [0.2, 0.25) is 0 Å². The molecule has 0 bridgehead atoms. The number of esters is 1. The number of aromatic nitrogens is 1. The van der Waals surface area contributed by atoms with E-state index in [1.807, 2.05) is 30.1 Å². The number of fused-ring (bicyclic) bond motifs is 3. The van der Waals surface area contributed by atoms with E-state index in [1.54, 1.807) is 25.3 Å². The van der Waals surface area contributed by atoms with Crippen molar-refractivity contribution in [3.05, 3.63) is 88.6 Å². The zero-order valence-electron chi connectivity index (χ0n) is 24.1. The van der Waals surface area contributed by atoms with Gasteiger partial charge in [-0.2, -0.15) is 0 Å². The van der Waals surface area contributed by atoms with Gasteiger partial charge in [-0.15, -0.1) is 0 Å². The van der Waals surface area contributed by atoms with Gasteiger partial charge in [-0.1, -0.05) is 25.0 Å². The fourth-order valence-corrected chi connectivity index (χ4v) is 7.85. The van der Waals surface area contributed by atoms with E-state index in [0.717, 1.165) is 35.6 Å². The van der Waals surface area contributed by atoms with E-state index in [0.29, 0.717) is 43.8 Å². The van der Waals surface area contributed by atoms with E-state index < -0.39 is 34.1 Å². The summed E-state index contributed by atoms with van der Waals surface area (Å²) >= 11 is 0. The molecule has 1 N–H and O–H groups in total. The topological polar surface area (TPSA) is 91.8 Å². The van der Waals surface area contributed by atoms with Crippen molar-refractivity contribution in [3.8, 4) is 5.75 Å². The molecule has 2 spiro atoms. The number of benzene rings is 2. The number of carbonyl (C=O) groups excluding carboxylic acids is 3. The first-order valence-electron chi connectivity index (χ1n) is 14.6. The Bertz CT molecular complexity index is 1670. The largest absolute Gasteiger partial charge is 0.425 e. The van der Waals surface area contributed by atoms with Crippen LogP contribution in [0.5, 0.6) is 5.75 Å². The summed E-state index contributed by atoms with van der Waals surface area (Å²) in [4.78, 5) is 48.5. The highest BCUT2D eigenvalue weighted by molar-refractivity contribution is 6.06. The number of piperazine rings is 1. The molecule has 10 heteroatoms. The summed E-state index contributed by atoms with van der Waals surface area (Å²) in [5, 5.41) is 2.89. The molecule has 8 nitrogen and oxygen atoms in total. The molecule has 2 aromatic carbocycles. The van der Waals surface area contributed by atoms with Crippen molar-refractivity contribution >= 4 is 23.6 Å².